The van der Waals surface area contributed by atoms with Crippen molar-refractivity contribution in [3.63, 3.8) is 0 Å². The summed E-state index contributed by atoms with van der Waals surface area (Å²) in [6, 6.07) is 12.4. The summed E-state index contributed by atoms with van der Waals surface area (Å²) in [6.45, 7) is 4.37. The summed E-state index contributed by atoms with van der Waals surface area (Å²) in [5.41, 5.74) is 0.477. The number of ketones is 2. The SMILES string of the molecule is O=C1c2ccccc2C(=O)c2c1n(CCN1CCN(c3ccccn3)CC1)n[n+]2[O-]. The zero-order valence-corrected chi connectivity index (χ0v) is 16.3. The molecule has 3 heterocycles. The lowest BCUT2D eigenvalue weighted by Crippen LogP contribution is -2.47. The molecule has 1 aromatic carbocycles. The number of benzene rings is 1. The molecule has 0 spiro atoms. The van der Waals surface area contributed by atoms with Gasteiger partial charge in [-0.2, -0.15) is 0 Å². The lowest BCUT2D eigenvalue weighted by Gasteiger charge is -2.34. The summed E-state index contributed by atoms with van der Waals surface area (Å²) in [4.78, 5) is 34.8. The van der Waals surface area contributed by atoms with Gasteiger partial charge in [0.25, 0.3) is 11.4 Å². The Morgan fingerprint density at radius 1 is 0.900 bits per heavy atom. The van der Waals surface area contributed by atoms with Crippen LogP contribution in [0.25, 0.3) is 0 Å². The number of piperazine rings is 1. The van der Waals surface area contributed by atoms with Crippen LogP contribution >= 0.6 is 0 Å². The molecule has 0 saturated carbocycles. The summed E-state index contributed by atoms with van der Waals surface area (Å²) in [7, 11) is 0. The second-order valence-corrected chi connectivity index (χ2v) is 7.40. The second kappa shape index (κ2) is 7.34. The van der Waals surface area contributed by atoms with Crippen molar-refractivity contribution >= 4 is 17.4 Å². The van der Waals surface area contributed by atoms with Gasteiger partial charge in [-0.1, -0.05) is 30.3 Å². The maximum atomic E-state index is 12.9. The average molecular weight is 404 g/mol. The third-order valence-corrected chi connectivity index (χ3v) is 5.68. The molecule has 1 saturated heterocycles. The molecular formula is C21H20N6O3. The Morgan fingerprint density at radius 2 is 1.60 bits per heavy atom. The smallest absolute Gasteiger partial charge is 0.254 e. The molecule has 1 fully saturated rings. The Morgan fingerprint density at radius 3 is 2.30 bits per heavy atom. The minimum Gasteiger partial charge on any atom is -0.691 e. The van der Waals surface area contributed by atoms with E-state index in [9.17, 15) is 14.8 Å². The molecule has 30 heavy (non-hydrogen) atoms. The van der Waals surface area contributed by atoms with Crippen LogP contribution in [0.3, 0.4) is 0 Å². The van der Waals surface area contributed by atoms with Gasteiger partial charge in [0.2, 0.25) is 11.6 Å². The molecule has 0 N–H and O–H groups in total. The maximum Gasteiger partial charge on any atom is 0.254 e. The van der Waals surface area contributed by atoms with Crippen LogP contribution in [0.2, 0.25) is 0 Å². The van der Waals surface area contributed by atoms with Crippen LogP contribution in [-0.2, 0) is 6.54 Å². The third kappa shape index (κ3) is 3.03. The van der Waals surface area contributed by atoms with E-state index in [1.54, 1.807) is 30.5 Å². The number of hydrogen-bond donors (Lipinski definition) is 0. The van der Waals surface area contributed by atoms with Crippen molar-refractivity contribution < 1.29 is 14.4 Å². The van der Waals surface area contributed by atoms with Crippen molar-refractivity contribution in [3.8, 4) is 0 Å². The van der Waals surface area contributed by atoms with E-state index in [1.165, 1.54) is 4.68 Å². The normalized spacial score (nSPS) is 16.5. The van der Waals surface area contributed by atoms with Gasteiger partial charge in [0.05, 0.1) is 5.21 Å². The summed E-state index contributed by atoms with van der Waals surface area (Å²) < 4.78 is 1.38. The van der Waals surface area contributed by atoms with Gasteiger partial charge in [0, 0.05) is 50.0 Å². The molecule has 2 aliphatic rings. The van der Waals surface area contributed by atoms with Crippen LogP contribution in [0, 0.1) is 5.21 Å². The standard InChI is InChI=1S/C21H20N6O3/c28-20-15-5-1-2-6-16(15)21(29)19-18(20)26(23-27(19)30)14-11-24-9-12-25(13-10-24)17-7-3-4-8-22-17/h1-8H,9-14H2. The lowest BCUT2D eigenvalue weighted by atomic mass is 9.90. The minimum atomic E-state index is -0.453. The van der Waals surface area contributed by atoms with Crippen LogP contribution in [0.1, 0.15) is 32.1 Å². The van der Waals surface area contributed by atoms with Gasteiger partial charge < -0.3 is 10.1 Å². The summed E-state index contributed by atoms with van der Waals surface area (Å²) in [6.07, 6.45) is 1.79. The fraction of sp³-hybridized carbons (Fsp3) is 0.286. The molecule has 9 nitrogen and oxygen atoms in total. The van der Waals surface area contributed by atoms with E-state index in [1.807, 2.05) is 18.2 Å². The van der Waals surface area contributed by atoms with Crippen molar-refractivity contribution in [1.82, 2.24) is 19.8 Å². The number of carbonyl (C=O) groups excluding carboxylic acids is 2. The van der Waals surface area contributed by atoms with E-state index < -0.39 is 5.78 Å². The van der Waals surface area contributed by atoms with Gasteiger partial charge in [-0.25, -0.2) is 4.98 Å². The first-order chi connectivity index (χ1) is 14.6. The molecule has 9 heteroatoms. The maximum absolute atomic E-state index is 12.9. The van der Waals surface area contributed by atoms with Crippen LogP contribution < -0.4 is 9.75 Å². The van der Waals surface area contributed by atoms with E-state index in [0.717, 1.165) is 32.0 Å². The highest BCUT2D eigenvalue weighted by Gasteiger charge is 2.41. The number of carbonyl (C=O) groups is 2. The highest BCUT2D eigenvalue weighted by atomic mass is 16.5. The molecule has 3 aromatic rings. The number of pyridine rings is 1. The molecular weight excluding hydrogens is 384 g/mol. The monoisotopic (exact) mass is 404 g/mol. The van der Waals surface area contributed by atoms with Crippen molar-refractivity contribution in [2.24, 2.45) is 0 Å². The number of rotatable bonds is 4. The number of nitrogens with zero attached hydrogens (tertiary/aromatic N) is 6. The van der Waals surface area contributed by atoms with Crippen molar-refractivity contribution in [3.05, 3.63) is 76.4 Å². The van der Waals surface area contributed by atoms with Gasteiger partial charge in [-0.3, -0.25) is 14.5 Å². The topological polar surface area (TPSA) is 98.3 Å². The highest BCUT2D eigenvalue weighted by Crippen LogP contribution is 2.25. The van der Waals surface area contributed by atoms with Gasteiger partial charge in [-0.15, -0.1) is 9.53 Å². The molecule has 1 aliphatic carbocycles. The highest BCUT2D eigenvalue weighted by molar-refractivity contribution is 6.26. The second-order valence-electron chi connectivity index (χ2n) is 7.40. The molecule has 0 amide bonds. The van der Waals surface area contributed by atoms with E-state index in [4.69, 9.17) is 0 Å². The molecule has 5 rings (SSSR count). The summed E-state index contributed by atoms with van der Waals surface area (Å²) >= 11 is 0. The first-order valence-electron chi connectivity index (χ1n) is 9.91. The first kappa shape index (κ1) is 18.4. The third-order valence-electron chi connectivity index (χ3n) is 5.68. The fourth-order valence-electron chi connectivity index (χ4n) is 4.09. The molecule has 0 radical (unpaired) electrons. The van der Waals surface area contributed by atoms with Crippen molar-refractivity contribution in [2.45, 2.75) is 6.54 Å². The van der Waals surface area contributed by atoms with Gasteiger partial charge in [0.15, 0.2) is 0 Å². The van der Waals surface area contributed by atoms with E-state index in [0.29, 0.717) is 18.7 Å². The lowest BCUT2D eigenvalue weighted by molar-refractivity contribution is -0.672. The number of fused-ring (bicyclic) bond motifs is 2. The number of anilines is 1. The zero-order chi connectivity index (χ0) is 20.7. The largest absolute Gasteiger partial charge is 0.691 e. The number of aromatic nitrogens is 4. The van der Waals surface area contributed by atoms with Crippen LogP contribution in [0.5, 0.6) is 0 Å². The number of hydrogen-bond acceptors (Lipinski definition) is 7. The Labute approximate surface area is 172 Å². The Balaban J connectivity index is 1.30. The first-order valence-corrected chi connectivity index (χ1v) is 9.91. The molecule has 2 aromatic heterocycles. The van der Waals surface area contributed by atoms with E-state index >= 15 is 0 Å². The molecule has 0 unspecified atom stereocenters. The molecule has 152 valence electrons. The summed E-state index contributed by atoms with van der Waals surface area (Å²) in [5, 5.41) is 16.2. The Hall–Kier alpha value is -3.59. The predicted octanol–water partition coefficient (Wildman–Crippen LogP) is 0.509. The quantitative estimate of drug-likeness (QED) is 0.361. The van der Waals surface area contributed by atoms with Crippen LogP contribution in [0.4, 0.5) is 5.82 Å². The minimum absolute atomic E-state index is 0.0841. The van der Waals surface area contributed by atoms with E-state index in [-0.39, 0.29) is 27.6 Å². The van der Waals surface area contributed by atoms with E-state index in [2.05, 4.69) is 20.0 Å². The van der Waals surface area contributed by atoms with Gasteiger partial charge in [-0.05, 0) is 12.1 Å². The van der Waals surface area contributed by atoms with Crippen molar-refractivity contribution in [2.75, 3.05) is 37.6 Å². The molecule has 1 aliphatic heterocycles. The molecule has 0 bridgehead atoms. The van der Waals surface area contributed by atoms with Gasteiger partial charge >= 0.3 is 0 Å². The Bertz CT molecular complexity index is 1120. The van der Waals surface area contributed by atoms with Crippen molar-refractivity contribution in [1.29, 1.82) is 0 Å². The fourth-order valence-corrected chi connectivity index (χ4v) is 4.09. The van der Waals surface area contributed by atoms with Crippen LogP contribution in [-0.4, -0.2) is 64.1 Å². The summed E-state index contributed by atoms with van der Waals surface area (Å²) in [5.74, 6) is 0.182. The Kier molecular flexibility index (Phi) is 4.51. The van der Waals surface area contributed by atoms with Crippen LogP contribution in [0.15, 0.2) is 48.7 Å². The molecule has 0 atom stereocenters. The van der Waals surface area contributed by atoms with Gasteiger partial charge in [0.1, 0.15) is 12.4 Å². The predicted molar refractivity (Wildman–Crippen MR) is 107 cm³/mol. The zero-order valence-electron chi connectivity index (χ0n) is 16.3. The average Bonchev–Trinajstić information content (AvgIpc) is 3.13.